The highest BCUT2D eigenvalue weighted by molar-refractivity contribution is 6.03. The molecule has 0 aliphatic carbocycles. The molecule has 18 heavy (non-hydrogen) atoms. The first-order valence-electron chi connectivity index (χ1n) is 6.31. The summed E-state index contributed by atoms with van der Waals surface area (Å²) < 4.78 is 5.80. The van der Waals surface area contributed by atoms with E-state index in [0.717, 1.165) is 0 Å². The lowest BCUT2D eigenvalue weighted by Crippen LogP contribution is -2.51. The number of nitrogens with two attached hydrogens (primary N) is 1. The SMILES string of the molecule is CC(C)C1Oc2cccc(N)c2N(C(C)C)C1=O. The second kappa shape index (κ2) is 4.52. The number of hydrogen-bond donors (Lipinski definition) is 1. The molecule has 4 nitrogen and oxygen atoms in total. The van der Waals surface area contributed by atoms with E-state index in [0.29, 0.717) is 17.1 Å². The van der Waals surface area contributed by atoms with Gasteiger partial charge in [0.1, 0.15) is 11.4 Å². The fraction of sp³-hybridized carbons (Fsp3) is 0.500. The van der Waals surface area contributed by atoms with Crippen LogP contribution in [0.25, 0.3) is 0 Å². The Labute approximate surface area is 108 Å². The number of fused-ring (bicyclic) bond motifs is 1. The molecule has 0 bridgehead atoms. The van der Waals surface area contributed by atoms with Gasteiger partial charge >= 0.3 is 0 Å². The number of nitrogens with zero attached hydrogens (tertiary/aromatic N) is 1. The molecular weight excluding hydrogens is 228 g/mol. The Kier molecular flexibility index (Phi) is 3.20. The smallest absolute Gasteiger partial charge is 0.268 e. The van der Waals surface area contributed by atoms with Crippen molar-refractivity contribution in [2.75, 3.05) is 10.6 Å². The van der Waals surface area contributed by atoms with Gasteiger partial charge in [0.15, 0.2) is 6.10 Å². The van der Waals surface area contributed by atoms with E-state index in [1.807, 2.05) is 39.8 Å². The van der Waals surface area contributed by atoms with Crippen molar-refractivity contribution in [2.45, 2.75) is 39.8 Å². The number of ether oxygens (including phenoxy) is 1. The van der Waals surface area contributed by atoms with Gasteiger partial charge in [-0.25, -0.2) is 0 Å². The molecule has 1 heterocycles. The highest BCUT2D eigenvalue weighted by Crippen LogP contribution is 2.40. The summed E-state index contributed by atoms with van der Waals surface area (Å²) in [6.07, 6.45) is -0.429. The van der Waals surface area contributed by atoms with E-state index in [1.165, 1.54) is 0 Å². The summed E-state index contributed by atoms with van der Waals surface area (Å²) in [6, 6.07) is 5.56. The standard InChI is InChI=1S/C14H20N2O2/c1-8(2)13-14(17)16(9(3)4)12-10(15)6-5-7-11(12)18-13/h5-9,13H,15H2,1-4H3. The Bertz CT molecular complexity index is 469. The van der Waals surface area contributed by atoms with Gasteiger partial charge in [-0.1, -0.05) is 19.9 Å². The molecule has 1 atom stereocenters. The van der Waals surface area contributed by atoms with Crippen molar-refractivity contribution in [3.05, 3.63) is 18.2 Å². The zero-order valence-electron chi connectivity index (χ0n) is 11.3. The lowest BCUT2D eigenvalue weighted by molar-refractivity contribution is -0.128. The summed E-state index contributed by atoms with van der Waals surface area (Å²) >= 11 is 0. The molecule has 0 saturated carbocycles. The number of para-hydroxylation sites is 1. The Morgan fingerprint density at radius 1 is 1.28 bits per heavy atom. The number of benzene rings is 1. The summed E-state index contributed by atoms with van der Waals surface area (Å²) in [4.78, 5) is 14.2. The van der Waals surface area contributed by atoms with Gasteiger partial charge < -0.3 is 15.4 Å². The van der Waals surface area contributed by atoms with Crippen LogP contribution in [0.3, 0.4) is 0 Å². The van der Waals surface area contributed by atoms with E-state index in [4.69, 9.17) is 10.5 Å². The van der Waals surface area contributed by atoms with Crippen LogP contribution in [0.4, 0.5) is 11.4 Å². The zero-order valence-corrected chi connectivity index (χ0v) is 11.3. The van der Waals surface area contributed by atoms with Crippen molar-refractivity contribution in [3.8, 4) is 5.75 Å². The van der Waals surface area contributed by atoms with E-state index in [9.17, 15) is 4.79 Å². The highest BCUT2D eigenvalue weighted by Gasteiger charge is 2.38. The summed E-state index contributed by atoms with van der Waals surface area (Å²) in [7, 11) is 0. The van der Waals surface area contributed by atoms with E-state index < -0.39 is 6.10 Å². The minimum Gasteiger partial charge on any atom is -0.478 e. The molecule has 1 amide bonds. The monoisotopic (exact) mass is 248 g/mol. The molecular formula is C14H20N2O2. The first-order chi connectivity index (χ1) is 8.43. The topological polar surface area (TPSA) is 55.6 Å². The molecule has 1 aromatic carbocycles. The summed E-state index contributed by atoms with van der Waals surface area (Å²) in [6.45, 7) is 7.93. The Hall–Kier alpha value is -1.71. The van der Waals surface area contributed by atoms with Gasteiger partial charge in [0, 0.05) is 6.04 Å². The van der Waals surface area contributed by atoms with Crippen LogP contribution in [-0.2, 0) is 4.79 Å². The molecule has 0 saturated heterocycles. The normalized spacial score (nSPS) is 19.1. The Morgan fingerprint density at radius 3 is 2.50 bits per heavy atom. The lowest BCUT2D eigenvalue weighted by Gasteiger charge is -2.38. The molecule has 0 fully saturated rings. The third-order valence-corrected chi connectivity index (χ3v) is 3.13. The van der Waals surface area contributed by atoms with E-state index in [1.54, 1.807) is 11.0 Å². The summed E-state index contributed by atoms with van der Waals surface area (Å²) in [5.41, 5.74) is 7.26. The predicted octanol–water partition coefficient (Wildman–Crippen LogP) is 2.43. The minimum atomic E-state index is -0.429. The number of rotatable bonds is 2. The number of carbonyl (C=O) groups is 1. The molecule has 1 unspecified atom stereocenters. The maximum atomic E-state index is 12.5. The van der Waals surface area contributed by atoms with Crippen LogP contribution in [0.1, 0.15) is 27.7 Å². The summed E-state index contributed by atoms with van der Waals surface area (Å²) in [5, 5.41) is 0. The predicted molar refractivity (Wildman–Crippen MR) is 72.7 cm³/mol. The first-order valence-corrected chi connectivity index (χ1v) is 6.31. The van der Waals surface area contributed by atoms with E-state index in [-0.39, 0.29) is 17.9 Å². The maximum absolute atomic E-state index is 12.5. The minimum absolute atomic E-state index is 0.00889. The largest absolute Gasteiger partial charge is 0.478 e. The number of nitrogen functional groups attached to an aromatic ring is 1. The van der Waals surface area contributed by atoms with Gasteiger partial charge in [-0.3, -0.25) is 4.79 Å². The average molecular weight is 248 g/mol. The third-order valence-electron chi connectivity index (χ3n) is 3.13. The van der Waals surface area contributed by atoms with Crippen molar-refractivity contribution in [1.29, 1.82) is 0 Å². The third kappa shape index (κ3) is 1.92. The van der Waals surface area contributed by atoms with Gasteiger partial charge in [-0.2, -0.15) is 0 Å². The molecule has 0 radical (unpaired) electrons. The molecule has 4 heteroatoms. The molecule has 1 aliphatic rings. The van der Waals surface area contributed by atoms with Crippen molar-refractivity contribution < 1.29 is 9.53 Å². The van der Waals surface area contributed by atoms with Gasteiger partial charge in [-0.05, 0) is 31.9 Å². The number of anilines is 2. The highest BCUT2D eigenvalue weighted by atomic mass is 16.5. The number of carbonyl (C=O) groups excluding carboxylic acids is 1. The van der Waals surface area contributed by atoms with Crippen molar-refractivity contribution in [1.82, 2.24) is 0 Å². The molecule has 98 valence electrons. The van der Waals surface area contributed by atoms with Crippen molar-refractivity contribution >= 4 is 17.3 Å². The van der Waals surface area contributed by atoms with E-state index in [2.05, 4.69) is 0 Å². The maximum Gasteiger partial charge on any atom is 0.268 e. The molecule has 1 aliphatic heterocycles. The van der Waals surface area contributed by atoms with Crippen LogP contribution < -0.4 is 15.4 Å². The second-order valence-corrected chi connectivity index (χ2v) is 5.28. The average Bonchev–Trinajstić information content (AvgIpc) is 2.28. The van der Waals surface area contributed by atoms with Crippen LogP contribution in [-0.4, -0.2) is 18.1 Å². The number of hydrogen-bond acceptors (Lipinski definition) is 3. The van der Waals surface area contributed by atoms with Crippen LogP contribution >= 0.6 is 0 Å². The van der Waals surface area contributed by atoms with E-state index >= 15 is 0 Å². The second-order valence-electron chi connectivity index (χ2n) is 5.28. The molecule has 2 N–H and O–H groups in total. The molecule has 2 rings (SSSR count). The zero-order chi connectivity index (χ0) is 13.4. The molecule has 0 spiro atoms. The van der Waals surface area contributed by atoms with Crippen LogP contribution in [0, 0.1) is 5.92 Å². The first kappa shape index (κ1) is 12.7. The molecule has 1 aromatic rings. The van der Waals surface area contributed by atoms with Crippen molar-refractivity contribution in [3.63, 3.8) is 0 Å². The van der Waals surface area contributed by atoms with Gasteiger partial charge in [0.2, 0.25) is 0 Å². The van der Waals surface area contributed by atoms with Gasteiger partial charge in [0.25, 0.3) is 5.91 Å². The fourth-order valence-corrected chi connectivity index (χ4v) is 2.26. The Balaban J connectivity index is 2.55. The van der Waals surface area contributed by atoms with Gasteiger partial charge in [-0.15, -0.1) is 0 Å². The van der Waals surface area contributed by atoms with Crippen LogP contribution in [0.5, 0.6) is 5.75 Å². The lowest BCUT2D eigenvalue weighted by atomic mass is 10.0. The van der Waals surface area contributed by atoms with Crippen LogP contribution in [0.15, 0.2) is 18.2 Å². The summed E-state index contributed by atoms with van der Waals surface area (Å²) in [5.74, 6) is 0.820. The number of amides is 1. The van der Waals surface area contributed by atoms with Crippen molar-refractivity contribution in [2.24, 2.45) is 5.92 Å². The fourth-order valence-electron chi connectivity index (χ4n) is 2.26. The molecule has 0 aromatic heterocycles. The Morgan fingerprint density at radius 2 is 1.94 bits per heavy atom. The quantitative estimate of drug-likeness (QED) is 0.818. The van der Waals surface area contributed by atoms with Gasteiger partial charge in [0.05, 0.1) is 5.69 Å². The van der Waals surface area contributed by atoms with Crippen LogP contribution in [0.2, 0.25) is 0 Å².